The molecule has 4 aromatic heterocycles. The topological polar surface area (TPSA) is 362 Å². The molecule has 0 bridgehead atoms. The first kappa shape index (κ1) is 83.3. The number of aromatic amines is 4. The van der Waals surface area contributed by atoms with Crippen molar-refractivity contribution in [2.75, 3.05) is 78.5 Å². The molecule has 24 nitrogen and oxygen atoms in total. The van der Waals surface area contributed by atoms with E-state index in [-0.39, 0.29) is 38.9 Å². The lowest BCUT2D eigenvalue weighted by Gasteiger charge is -2.43. The molecule has 24 heteroatoms. The minimum atomic E-state index is -1.22. The first-order chi connectivity index (χ1) is 56.3. The number of nitrogens with one attached hydrogen (secondary N) is 5. The van der Waals surface area contributed by atoms with Crippen molar-refractivity contribution >= 4 is 46.6 Å². The summed E-state index contributed by atoms with van der Waals surface area (Å²) in [5.74, 6) is -2.09. The molecule has 7 fully saturated rings. The average Bonchev–Trinajstić information content (AvgIpc) is 1.62. The number of carboxylic acids is 4. The average molecular weight is 1590 g/mol. The molecule has 2 unspecified atom stereocenters. The van der Waals surface area contributed by atoms with Gasteiger partial charge in [-0.15, -0.1) is 0 Å². The van der Waals surface area contributed by atoms with Gasteiger partial charge in [-0.1, -0.05) is 120 Å². The van der Waals surface area contributed by atoms with E-state index in [1.165, 1.54) is 67.6 Å². The van der Waals surface area contributed by atoms with Gasteiger partial charge in [0.15, 0.2) is 0 Å². The van der Waals surface area contributed by atoms with Gasteiger partial charge in [-0.2, -0.15) is 0 Å². The summed E-state index contributed by atoms with van der Waals surface area (Å²) in [6.07, 6.45) is 15.4. The lowest BCUT2D eigenvalue weighted by atomic mass is 9.68. The smallest absolute Gasteiger partial charge is 0.341 e. The molecule has 8 heterocycles. The van der Waals surface area contributed by atoms with Crippen molar-refractivity contribution in [3.8, 4) is 45.0 Å². The number of anilines is 4. The van der Waals surface area contributed by atoms with Crippen LogP contribution < -0.4 is 58.6 Å². The third-order valence-corrected chi connectivity index (χ3v) is 25.9. The molecule has 9 aromatic rings. The van der Waals surface area contributed by atoms with E-state index in [1.54, 1.807) is 0 Å². The second-order valence-electron chi connectivity index (χ2n) is 32.8. The number of nitrogens with two attached hydrogens (primary N) is 2. The van der Waals surface area contributed by atoms with Crippen LogP contribution in [0.15, 0.2) is 171 Å². The fourth-order valence-electron chi connectivity index (χ4n) is 18.4. The SMILES string of the molecule is CCc1cc(C(=O)O)c(=O)[nH]c1-c1ccc(N2CCC(C3(N)CCC3)C2)cc1.CCc1cc(C(=O)O)c(=O)[nH]c1-c1ccc(N2CCC(C3(NCc4ccccc4)CC3)C2)cc1.CCc1cc(C(=O)O)c(=O)[nH]c1-c1ccc(N2C[C@H](CN)[C@@H](C)C2)cc1.[C-]#[N+][C@]12CCCC[C@H]1CN(c1ccc(-c3[nH]c(=O)c(C(=O)O)cc3CC)cc1)C2. The predicted octanol–water partition coefficient (Wildman–Crippen LogP) is 13.8. The van der Waals surface area contributed by atoms with Crippen LogP contribution in [0.1, 0.15) is 174 Å². The molecule has 0 spiro atoms. The molecule has 13 N–H and O–H groups in total. The fraction of sp³-hybridized carbons (Fsp3) is 0.409. The maximum atomic E-state index is 12.2. The van der Waals surface area contributed by atoms with E-state index in [0.717, 1.165) is 159 Å². The molecule has 7 aliphatic rings. The van der Waals surface area contributed by atoms with Crippen molar-refractivity contribution in [2.24, 2.45) is 41.1 Å². The number of carboxylic acid groups (broad SMARTS) is 4. The third kappa shape index (κ3) is 18.2. The number of aromatic nitrogens is 4. The van der Waals surface area contributed by atoms with Gasteiger partial charge in [0.1, 0.15) is 22.3 Å². The van der Waals surface area contributed by atoms with Crippen LogP contribution in [-0.2, 0) is 32.2 Å². The van der Waals surface area contributed by atoms with E-state index in [1.807, 2.05) is 100 Å². The van der Waals surface area contributed by atoms with Crippen molar-refractivity contribution in [1.29, 1.82) is 0 Å². The molecule has 16 rings (SSSR count). The molecule has 4 aliphatic heterocycles. The molecule has 5 aromatic carbocycles. The van der Waals surface area contributed by atoms with Crippen LogP contribution in [0.3, 0.4) is 0 Å². The third-order valence-electron chi connectivity index (χ3n) is 25.9. The van der Waals surface area contributed by atoms with Gasteiger partial charge in [0.2, 0.25) is 0 Å². The fourth-order valence-corrected chi connectivity index (χ4v) is 18.4. The maximum Gasteiger partial charge on any atom is 0.341 e. The van der Waals surface area contributed by atoms with Crippen LogP contribution in [0.2, 0.25) is 0 Å². The number of rotatable bonds is 22. The summed E-state index contributed by atoms with van der Waals surface area (Å²) in [5, 5.41) is 40.6. The highest BCUT2D eigenvalue weighted by atomic mass is 16.4. The molecule has 117 heavy (non-hydrogen) atoms. The zero-order chi connectivity index (χ0) is 83.0. The lowest BCUT2D eigenvalue weighted by Crippen LogP contribution is -2.53. The normalized spacial score (nSPS) is 20.6. The number of H-pyrrole nitrogens is 4. The van der Waals surface area contributed by atoms with E-state index in [9.17, 15) is 53.7 Å². The summed E-state index contributed by atoms with van der Waals surface area (Å²) in [6.45, 7) is 27.2. The van der Waals surface area contributed by atoms with Gasteiger partial charge in [0, 0.05) is 92.6 Å². The second-order valence-corrected chi connectivity index (χ2v) is 32.8. The standard InChI is InChI=1S/C28H31N3O3.C23H25N3O3.C22H27N3O3.C20H25N3O3/c1-2-20-16-24(27(33)34)26(32)30-25(20)21-8-10-23(11-9-21)31-15-12-22(18-31)28(13-14-28)29-17-19-6-4-3-5-7-19;1-3-15-12-19(22(28)29)21(27)25-20(15)16-7-9-18(10-8-16)26-13-17-6-4-5-11-23(17,14-26)24-2;1-2-14-12-18(21(27)28)20(26)24-19(14)15-4-6-17(7-5-15)25-11-8-16(13-25)22(23)9-3-10-22;1-3-13-8-17(20(25)26)19(24)22-18(13)14-4-6-16(7-5-14)23-10-12(2)15(9-21)11-23/h3-11,16,22,29H,2,12-15,17-18H2,1H3,(H,30,32)(H,33,34);7-10,12,17H,3-6,11,13-14H2,1H3,(H,25,27)(H,28,29);4-7,12,16H,2-3,8-11,13,23H2,1H3,(H,24,26)(H,27,28);4-8,12,15H,3,9-11,21H2,1-2H3,(H,22,24)(H,25,26)/t;17-,23-;;12-,15-/m.0.0/s1. The lowest BCUT2D eigenvalue weighted by molar-refractivity contribution is 0.0684. The Balaban J connectivity index is 0.000000136. The number of carbonyl (C=O) groups is 4. The molecule has 4 saturated heterocycles. The Kier molecular flexibility index (Phi) is 25.5. The predicted molar refractivity (Wildman–Crippen MR) is 459 cm³/mol. The van der Waals surface area contributed by atoms with Gasteiger partial charge in [0.05, 0.1) is 35.2 Å². The number of nitrogens with zero attached hydrogens (tertiary/aromatic N) is 5. The van der Waals surface area contributed by atoms with Crippen molar-refractivity contribution in [3.05, 3.63) is 255 Å². The highest BCUT2D eigenvalue weighted by Gasteiger charge is 2.54. The van der Waals surface area contributed by atoms with E-state index in [2.05, 4.69) is 111 Å². The second kappa shape index (κ2) is 35.8. The Morgan fingerprint density at radius 1 is 0.462 bits per heavy atom. The number of benzene rings is 5. The first-order valence-corrected chi connectivity index (χ1v) is 41.4. The van der Waals surface area contributed by atoms with Crippen molar-refractivity contribution < 1.29 is 39.6 Å². The minimum Gasteiger partial charge on any atom is -0.477 e. The zero-order valence-corrected chi connectivity index (χ0v) is 67.4. The molecule has 3 aliphatic carbocycles. The molecule has 612 valence electrons. The Labute approximate surface area is 681 Å². The highest BCUT2D eigenvalue weighted by molar-refractivity contribution is 5.90. The number of fused-ring (bicyclic) bond motifs is 1. The number of hydrogen-bond donors (Lipinski definition) is 11. The van der Waals surface area contributed by atoms with Gasteiger partial charge in [0.25, 0.3) is 27.8 Å². The monoisotopic (exact) mass is 1580 g/mol. The first-order valence-electron chi connectivity index (χ1n) is 41.4. The van der Waals surface area contributed by atoms with E-state index in [4.69, 9.17) is 23.1 Å². The molecule has 6 atom stereocenters. The van der Waals surface area contributed by atoms with Gasteiger partial charge >= 0.3 is 23.9 Å². The number of hydrogen-bond acceptors (Lipinski definition) is 15. The molecular formula is C93H108N12O12. The van der Waals surface area contributed by atoms with Crippen LogP contribution in [0.25, 0.3) is 49.9 Å². The number of aryl methyl sites for hydroxylation is 4. The van der Waals surface area contributed by atoms with Crippen LogP contribution in [0, 0.1) is 36.2 Å². The Morgan fingerprint density at radius 3 is 1.18 bits per heavy atom. The van der Waals surface area contributed by atoms with E-state index in [0.29, 0.717) is 84.6 Å². The zero-order valence-electron chi connectivity index (χ0n) is 67.4. The Morgan fingerprint density at radius 2 is 0.838 bits per heavy atom. The largest absolute Gasteiger partial charge is 0.477 e. The summed E-state index contributed by atoms with van der Waals surface area (Å²) in [6, 6.07) is 49.0. The van der Waals surface area contributed by atoms with Crippen LogP contribution in [0.4, 0.5) is 22.7 Å². The molecule has 0 amide bonds. The number of pyridine rings is 4. The summed E-state index contributed by atoms with van der Waals surface area (Å²) >= 11 is 0. The van der Waals surface area contributed by atoms with Gasteiger partial charge in [-0.25, -0.2) is 25.8 Å². The Hall–Kier alpha value is -11.7. The maximum absolute atomic E-state index is 12.2. The van der Waals surface area contributed by atoms with Crippen molar-refractivity contribution in [2.45, 2.75) is 154 Å². The van der Waals surface area contributed by atoms with E-state index < -0.39 is 46.1 Å². The number of aromatic carboxylic acids is 4. The van der Waals surface area contributed by atoms with Gasteiger partial charge in [-0.05, 0) is 237 Å². The quantitative estimate of drug-likeness (QED) is 0.0281. The van der Waals surface area contributed by atoms with Crippen molar-refractivity contribution in [1.82, 2.24) is 25.3 Å². The van der Waals surface area contributed by atoms with Crippen LogP contribution in [-0.4, -0.2) is 140 Å². The molecular weight excluding hydrogens is 1480 g/mol. The van der Waals surface area contributed by atoms with Crippen LogP contribution >= 0.6 is 0 Å². The van der Waals surface area contributed by atoms with Crippen LogP contribution in [0.5, 0.6) is 0 Å². The Bertz CT molecular complexity index is 5400. The summed E-state index contributed by atoms with van der Waals surface area (Å²) in [7, 11) is 0. The van der Waals surface area contributed by atoms with E-state index >= 15 is 0 Å². The summed E-state index contributed by atoms with van der Waals surface area (Å²) in [5.41, 5.74) is 24.7. The molecule has 3 saturated carbocycles. The van der Waals surface area contributed by atoms with Gasteiger partial charge in [-0.3, -0.25) is 19.2 Å². The minimum absolute atomic E-state index is 0.0378. The summed E-state index contributed by atoms with van der Waals surface area (Å²) in [4.78, 5) is 118. The molecule has 0 radical (unpaired) electrons. The highest BCUT2D eigenvalue weighted by Crippen LogP contribution is 2.48. The van der Waals surface area contributed by atoms with Crippen molar-refractivity contribution in [3.63, 3.8) is 0 Å². The van der Waals surface area contributed by atoms with Gasteiger partial charge < -0.3 is 81.6 Å². The summed E-state index contributed by atoms with van der Waals surface area (Å²) < 4.78 is 0.